The van der Waals surface area contributed by atoms with Crippen LogP contribution in [0.5, 0.6) is 0 Å². The standard InChI is InChI=1S/C15H22N2O/c1-11-5-7-12(8-6-11)14-16-9-13(18)17(14)10-15(2,3)4/h5-8,14,16H,9-10H2,1-4H3. The quantitative estimate of drug-likeness (QED) is 0.869. The third kappa shape index (κ3) is 2.91. The van der Waals surface area contributed by atoms with Crippen LogP contribution in [0, 0.1) is 12.3 Å². The Hall–Kier alpha value is -1.35. The number of aryl methyl sites for hydroxylation is 1. The molecule has 0 spiro atoms. The van der Waals surface area contributed by atoms with Gasteiger partial charge in [-0.3, -0.25) is 10.1 Å². The zero-order valence-electron chi connectivity index (χ0n) is 11.7. The lowest BCUT2D eigenvalue weighted by Gasteiger charge is -2.31. The summed E-state index contributed by atoms with van der Waals surface area (Å²) in [6.45, 7) is 9.76. The molecule has 1 aromatic rings. The van der Waals surface area contributed by atoms with E-state index in [1.165, 1.54) is 5.56 Å². The van der Waals surface area contributed by atoms with E-state index in [4.69, 9.17) is 0 Å². The van der Waals surface area contributed by atoms with Crippen LogP contribution >= 0.6 is 0 Å². The summed E-state index contributed by atoms with van der Waals surface area (Å²) < 4.78 is 0. The van der Waals surface area contributed by atoms with Gasteiger partial charge in [0.1, 0.15) is 6.17 Å². The first kappa shape index (κ1) is 13.1. The summed E-state index contributed by atoms with van der Waals surface area (Å²) in [5.41, 5.74) is 2.52. The maximum Gasteiger partial charge on any atom is 0.238 e. The van der Waals surface area contributed by atoms with E-state index in [0.29, 0.717) is 6.54 Å². The Morgan fingerprint density at radius 3 is 2.44 bits per heavy atom. The molecule has 1 saturated heterocycles. The fourth-order valence-corrected chi connectivity index (χ4v) is 2.28. The van der Waals surface area contributed by atoms with Crippen LogP contribution in [0.3, 0.4) is 0 Å². The van der Waals surface area contributed by atoms with Crippen molar-refractivity contribution in [2.75, 3.05) is 13.1 Å². The smallest absolute Gasteiger partial charge is 0.238 e. The van der Waals surface area contributed by atoms with Gasteiger partial charge in [-0.25, -0.2) is 0 Å². The predicted molar refractivity (Wildman–Crippen MR) is 73.1 cm³/mol. The lowest BCUT2D eigenvalue weighted by molar-refractivity contribution is -0.129. The van der Waals surface area contributed by atoms with Gasteiger partial charge >= 0.3 is 0 Å². The second kappa shape index (κ2) is 4.73. The zero-order chi connectivity index (χ0) is 13.3. The van der Waals surface area contributed by atoms with Gasteiger partial charge in [0, 0.05) is 6.54 Å². The summed E-state index contributed by atoms with van der Waals surface area (Å²) >= 11 is 0. The molecule has 98 valence electrons. The second-order valence-electron chi connectivity index (χ2n) is 6.28. The SMILES string of the molecule is Cc1ccc(C2NCC(=O)N2CC(C)(C)C)cc1. The van der Waals surface area contributed by atoms with Crippen molar-refractivity contribution in [1.29, 1.82) is 0 Å². The molecule has 1 amide bonds. The van der Waals surface area contributed by atoms with Gasteiger partial charge in [-0.1, -0.05) is 50.6 Å². The summed E-state index contributed by atoms with van der Waals surface area (Å²) in [6, 6.07) is 8.38. The first-order valence-corrected chi connectivity index (χ1v) is 6.46. The number of hydrogen-bond donors (Lipinski definition) is 1. The summed E-state index contributed by atoms with van der Waals surface area (Å²) in [5, 5.41) is 3.29. The fourth-order valence-electron chi connectivity index (χ4n) is 2.28. The van der Waals surface area contributed by atoms with Crippen molar-refractivity contribution in [3.8, 4) is 0 Å². The van der Waals surface area contributed by atoms with Crippen molar-refractivity contribution in [1.82, 2.24) is 10.2 Å². The predicted octanol–water partition coefficient (Wildman–Crippen LogP) is 2.47. The lowest BCUT2D eigenvalue weighted by atomic mass is 9.95. The highest BCUT2D eigenvalue weighted by molar-refractivity contribution is 5.81. The Morgan fingerprint density at radius 1 is 1.28 bits per heavy atom. The Labute approximate surface area is 109 Å². The third-order valence-corrected chi connectivity index (χ3v) is 3.12. The average Bonchev–Trinajstić information content (AvgIpc) is 2.60. The van der Waals surface area contributed by atoms with Crippen molar-refractivity contribution in [2.24, 2.45) is 5.41 Å². The molecule has 1 heterocycles. The third-order valence-electron chi connectivity index (χ3n) is 3.12. The molecule has 18 heavy (non-hydrogen) atoms. The second-order valence-corrected chi connectivity index (χ2v) is 6.28. The van der Waals surface area contributed by atoms with Crippen LogP contribution in [0.1, 0.15) is 38.1 Å². The summed E-state index contributed by atoms with van der Waals surface area (Å²) in [6.07, 6.45) is 0.0253. The number of nitrogens with zero attached hydrogens (tertiary/aromatic N) is 1. The van der Waals surface area contributed by atoms with Crippen molar-refractivity contribution < 1.29 is 4.79 Å². The zero-order valence-corrected chi connectivity index (χ0v) is 11.7. The Balaban J connectivity index is 2.21. The summed E-state index contributed by atoms with van der Waals surface area (Å²) in [4.78, 5) is 13.9. The van der Waals surface area contributed by atoms with Crippen LogP contribution in [0.2, 0.25) is 0 Å². The molecular formula is C15H22N2O. The van der Waals surface area contributed by atoms with Crippen LogP contribution < -0.4 is 5.32 Å². The number of benzene rings is 1. The average molecular weight is 246 g/mol. The fraction of sp³-hybridized carbons (Fsp3) is 0.533. The highest BCUT2D eigenvalue weighted by Gasteiger charge is 2.33. The monoisotopic (exact) mass is 246 g/mol. The molecule has 1 aliphatic rings. The number of amides is 1. The van der Waals surface area contributed by atoms with E-state index in [1.807, 2.05) is 4.90 Å². The molecule has 0 aromatic heterocycles. The maximum atomic E-state index is 12.0. The van der Waals surface area contributed by atoms with Crippen LogP contribution in [-0.4, -0.2) is 23.9 Å². The minimum absolute atomic E-state index is 0.0253. The molecule has 2 rings (SSSR count). The topological polar surface area (TPSA) is 32.3 Å². The van der Waals surface area contributed by atoms with Crippen molar-refractivity contribution in [3.63, 3.8) is 0 Å². The molecule has 1 N–H and O–H groups in total. The van der Waals surface area contributed by atoms with E-state index in [-0.39, 0.29) is 17.5 Å². The molecule has 1 unspecified atom stereocenters. The number of carbonyl (C=O) groups is 1. The first-order valence-electron chi connectivity index (χ1n) is 6.46. The van der Waals surface area contributed by atoms with Gasteiger partial charge in [-0.05, 0) is 17.9 Å². The number of nitrogens with one attached hydrogen (secondary N) is 1. The molecule has 0 radical (unpaired) electrons. The van der Waals surface area contributed by atoms with Gasteiger partial charge in [0.15, 0.2) is 0 Å². The number of carbonyl (C=O) groups excluding carboxylic acids is 1. The Bertz CT molecular complexity index is 431. The molecule has 3 nitrogen and oxygen atoms in total. The van der Waals surface area contributed by atoms with Crippen molar-refractivity contribution in [2.45, 2.75) is 33.9 Å². The molecule has 1 aliphatic heterocycles. The molecule has 1 atom stereocenters. The van der Waals surface area contributed by atoms with Gasteiger partial charge in [-0.15, -0.1) is 0 Å². The molecule has 0 bridgehead atoms. The number of hydrogen-bond acceptors (Lipinski definition) is 2. The summed E-state index contributed by atoms with van der Waals surface area (Å²) in [5.74, 6) is 0.190. The van der Waals surface area contributed by atoms with E-state index in [0.717, 1.165) is 12.1 Å². The van der Waals surface area contributed by atoms with E-state index in [1.54, 1.807) is 0 Å². The van der Waals surface area contributed by atoms with Crippen LogP contribution in [0.15, 0.2) is 24.3 Å². The summed E-state index contributed by atoms with van der Waals surface area (Å²) in [7, 11) is 0. The number of rotatable bonds is 2. The van der Waals surface area contributed by atoms with E-state index in [9.17, 15) is 4.79 Å². The Morgan fingerprint density at radius 2 is 1.89 bits per heavy atom. The van der Waals surface area contributed by atoms with Gasteiger partial charge in [0.05, 0.1) is 6.54 Å². The minimum Gasteiger partial charge on any atom is -0.321 e. The van der Waals surface area contributed by atoms with Gasteiger partial charge in [0.25, 0.3) is 0 Å². The lowest BCUT2D eigenvalue weighted by Crippen LogP contribution is -2.37. The molecular weight excluding hydrogens is 224 g/mol. The van der Waals surface area contributed by atoms with Crippen LogP contribution in [0.4, 0.5) is 0 Å². The minimum atomic E-state index is 0.0253. The maximum absolute atomic E-state index is 12.0. The normalized spacial score (nSPS) is 20.6. The molecule has 0 saturated carbocycles. The van der Waals surface area contributed by atoms with E-state index in [2.05, 4.69) is 57.3 Å². The Kier molecular flexibility index (Phi) is 3.44. The van der Waals surface area contributed by atoms with Gasteiger partial charge in [-0.2, -0.15) is 0 Å². The highest BCUT2D eigenvalue weighted by Crippen LogP contribution is 2.27. The molecule has 3 heteroatoms. The molecule has 0 aliphatic carbocycles. The van der Waals surface area contributed by atoms with Crippen molar-refractivity contribution in [3.05, 3.63) is 35.4 Å². The molecule has 1 fully saturated rings. The van der Waals surface area contributed by atoms with E-state index < -0.39 is 0 Å². The van der Waals surface area contributed by atoms with Crippen LogP contribution in [0.25, 0.3) is 0 Å². The highest BCUT2D eigenvalue weighted by atomic mass is 16.2. The van der Waals surface area contributed by atoms with E-state index >= 15 is 0 Å². The van der Waals surface area contributed by atoms with Crippen LogP contribution in [-0.2, 0) is 4.79 Å². The van der Waals surface area contributed by atoms with Crippen molar-refractivity contribution >= 4 is 5.91 Å². The van der Waals surface area contributed by atoms with Gasteiger partial charge < -0.3 is 4.90 Å². The largest absolute Gasteiger partial charge is 0.321 e. The van der Waals surface area contributed by atoms with Gasteiger partial charge in [0.2, 0.25) is 5.91 Å². The first-order chi connectivity index (χ1) is 8.37. The molecule has 1 aromatic carbocycles.